The maximum Gasteiger partial charge on any atom is 0.238 e. The molecule has 0 aliphatic heterocycles. The predicted octanol–water partition coefficient (Wildman–Crippen LogP) is -0.630. The maximum absolute atomic E-state index is 13.3. The van der Waals surface area contributed by atoms with Crippen LogP contribution in [0, 0.1) is 5.82 Å². The fourth-order valence-electron chi connectivity index (χ4n) is 0.999. The Kier molecular flexibility index (Phi) is 3.45. The number of nitrogens with one attached hydrogen (secondary N) is 1. The van der Waals surface area contributed by atoms with Crippen LogP contribution >= 0.6 is 0 Å². The monoisotopic (exact) mass is 247 g/mol. The third kappa shape index (κ3) is 3.17. The smallest absolute Gasteiger partial charge is 0.238 e. The minimum Gasteiger partial charge on any atom is -0.374 e. The van der Waals surface area contributed by atoms with E-state index in [4.69, 9.17) is 10.9 Å². The van der Waals surface area contributed by atoms with Crippen LogP contribution in [0.1, 0.15) is 0 Å². The first-order valence-corrected chi connectivity index (χ1v) is 5.70. The van der Waals surface area contributed by atoms with Gasteiger partial charge in [-0.05, 0) is 18.2 Å². The van der Waals surface area contributed by atoms with Gasteiger partial charge in [0.15, 0.2) is 0 Å². The number of sulfonamides is 1. The van der Waals surface area contributed by atoms with Gasteiger partial charge in [-0.1, -0.05) is 0 Å². The highest BCUT2D eigenvalue weighted by Gasteiger charge is 2.11. The van der Waals surface area contributed by atoms with E-state index in [1.54, 1.807) is 0 Å². The van der Waals surface area contributed by atoms with Gasteiger partial charge in [0.25, 0.3) is 0 Å². The van der Waals surface area contributed by atoms with Crippen LogP contribution in [-0.4, -0.2) is 20.9 Å². The van der Waals surface area contributed by atoms with Gasteiger partial charge in [0.1, 0.15) is 5.82 Å². The van der Waals surface area contributed by atoms with Crippen molar-refractivity contribution < 1.29 is 17.6 Å². The molecule has 1 amide bonds. The van der Waals surface area contributed by atoms with Gasteiger partial charge in [-0.15, -0.1) is 0 Å². The standard InChI is InChI=1S/C8H10FN3O3S/c9-6-3-5(16(11,14)15)1-2-7(6)12-4-8(10)13/h1-3,12H,4H2,(H2,10,13)(H2,11,14,15). The first kappa shape index (κ1) is 12.4. The van der Waals surface area contributed by atoms with Crippen molar-refractivity contribution in [2.75, 3.05) is 11.9 Å². The van der Waals surface area contributed by atoms with Crippen molar-refractivity contribution in [1.82, 2.24) is 0 Å². The van der Waals surface area contributed by atoms with Crippen LogP contribution in [0.15, 0.2) is 23.1 Å². The molecule has 0 bridgehead atoms. The number of carbonyl (C=O) groups excluding carboxylic acids is 1. The molecule has 88 valence electrons. The summed E-state index contributed by atoms with van der Waals surface area (Å²) in [5.74, 6) is -1.48. The Bertz CT molecular complexity index is 515. The molecule has 1 aromatic carbocycles. The van der Waals surface area contributed by atoms with Gasteiger partial charge in [0.05, 0.1) is 17.1 Å². The molecule has 0 radical (unpaired) electrons. The molecule has 16 heavy (non-hydrogen) atoms. The lowest BCUT2D eigenvalue weighted by Gasteiger charge is -2.06. The maximum atomic E-state index is 13.3. The van der Waals surface area contributed by atoms with E-state index in [1.807, 2.05) is 0 Å². The molecule has 0 saturated heterocycles. The number of anilines is 1. The second kappa shape index (κ2) is 4.45. The van der Waals surface area contributed by atoms with Gasteiger partial charge in [0, 0.05) is 0 Å². The summed E-state index contributed by atoms with van der Waals surface area (Å²) in [4.78, 5) is 10.1. The first-order chi connectivity index (χ1) is 7.30. The summed E-state index contributed by atoms with van der Waals surface area (Å²) in [6, 6.07) is 3.05. The molecule has 0 aromatic heterocycles. The zero-order chi connectivity index (χ0) is 12.3. The minimum absolute atomic E-state index is 0.0220. The minimum atomic E-state index is -3.93. The van der Waals surface area contributed by atoms with Crippen molar-refractivity contribution in [1.29, 1.82) is 0 Å². The number of rotatable bonds is 4. The highest BCUT2D eigenvalue weighted by Crippen LogP contribution is 2.17. The zero-order valence-corrected chi connectivity index (χ0v) is 8.92. The van der Waals surface area contributed by atoms with Crippen LogP contribution in [0.5, 0.6) is 0 Å². The van der Waals surface area contributed by atoms with Crippen molar-refractivity contribution in [2.24, 2.45) is 10.9 Å². The average molecular weight is 247 g/mol. The number of nitrogens with two attached hydrogens (primary N) is 2. The van der Waals surface area contributed by atoms with E-state index in [2.05, 4.69) is 5.32 Å². The number of hydrogen-bond donors (Lipinski definition) is 3. The first-order valence-electron chi connectivity index (χ1n) is 4.15. The fraction of sp³-hybridized carbons (Fsp3) is 0.125. The van der Waals surface area contributed by atoms with Crippen LogP contribution in [0.25, 0.3) is 0 Å². The summed E-state index contributed by atoms with van der Waals surface area (Å²) in [5, 5.41) is 7.21. The summed E-state index contributed by atoms with van der Waals surface area (Å²) in [5.41, 5.74) is 4.83. The molecule has 0 saturated carbocycles. The second-order valence-corrected chi connectivity index (χ2v) is 4.57. The molecule has 8 heteroatoms. The quantitative estimate of drug-likeness (QED) is 0.657. The normalized spacial score (nSPS) is 11.1. The summed E-state index contributed by atoms with van der Waals surface area (Å²) in [6.07, 6.45) is 0. The van der Waals surface area contributed by atoms with Crippen molar-refractivity contribution in [3.63, 3.8) is 0 Å². The largest absolute Gasteiger partial charge is 0.374 e. The zero-order valence-electron chi connectivity index (χ0n) is 8.10. The molecule has 0 unspecified atom stereocenters. The van der Waals surface area contributed by atoms with Crippen LogP contribution in [0.3, 0.4) is 0 Å². The van der Waals surface area contributed by atoms with Gasteiger partial charge >= 0.3 is 0 Å². The predicted molar refractivity (Wildman–Crippen MR) is 55.5 cm³/mol. The summed E-state index contributed by atoms with van der Waals surface area (Å²) >= 11 is 0. The number of primary sulfonamides is 1. The Morgan fingerprint density at radius 1 is 1.44 bits per heavy atom. The lowest BCUT2D eigenvalue weighted by atomic mass is 10.3. The van der Waals surface area contributed by atoms with Gasteiger partial charge in [-0.2, -0.15) is 0 Å². The Morgan fingerprint density at radius 2 is 2.06 bits per heavy atom. The third-order valence-corrected chi connectivity index (χ3v) is 2.63. The molecule has 0 aliphatic carbocycles. The molecule has 0 atom stereocenters. The van der Waals surface area contributed by atoms with E-state index < -0.39 is 21.7 Å². The van der Waals surface area contributed by atoms with Crippen molar-refractivity contribution in [3.8, 4) is 0 Å². The van der Waals surface area contributed by atoms with Crippen molar-refractivity contribution >= 4 is 21.6 Å². The Hall–Kier alpha value is -1.67. The fourth-order valence-corrected chi connectivity index (χ4v) is 1.52. The Balaban J connectivity index is 2.96. The molecule has 1 rings (SSSR count). The molecule has 1 aromatic rings. The van der Waals surface area contributed by atoms with Crippen LogP contribution in [-0.2, 0) is 14.8 Å². The van der Waals surface area contributed by atoms with Crippen LogP contribution < -0.4 is 16.2 Å². The number of halogens is 1. The Labute approximate surface area is 91.5 Å². The Morgan fingerprint density at radius 3 is 2.50 bits per heavy atom. The number of hydrogen-bond acceptors (Lipinski definition) is 4. The number of amides is 1. The molecule has 0 aliphatic rings. The molecule has 5 N–H and O–H groups in total. The van der Waals surface area contributed by atoms with Crippen molar-refractivity contribution in [2.45, 2.75) is 4.90 Å². The lowest BCUT2D eigenvalue weighted by molar-refractivity contribution is -0.116. The second-order valence-electron chi connectivity index (χ2n) is 3.01. The molecular weight excluding hydrogens is 237 g/mol. The lowest BCUT2D eigenvalue weighted by Crippen LogP contribution is -2.22. The average Bonchev–Trinajstić information content (AvgIpc) is 2.14. The van der Waals surface area contributed by atoms with E-state index in [0.29, 0.717) is 0 Å². The number of benzene rings is 1. The van der Waals surface area contributed by atoms with Crippen molar-refractivity contribution in [3.05, 3.63) is 24.0 Å². The van der Waals surface area contributed by atoms with Crippen LogP contribution in [0.4, 0.5) is 10.1 Å². The highest BCUT2D eigenvalue weighted by molar-refractivity contribution is 7.89. The van der Waals surface area contributed by atoms with E-state index >= 15 is 0 Å². The molecule has 6 nitrogen and oxygen atoms in total. The highest BCUT2D eigenvalue weighted by atomic mass is 32.2. The number of primary amides is 1. The summed E-state index contributed by atoms with van der Waals surface area (Å²) in [7, 11) is -3.93. The number of carbonyl (C=O) groups is 1. The van der Waals surface area contributed by atoms with E-state index in [-0.39, 0.29) is 17.1 Å². The van der Waals surface area contributed by atoms with Crippen LogP contribution in [0.2, 0.25) is 0 Å². The SMILES string of the molecule is NC(=O)CNc1ccc(S(N)(=O)=O)cc1F. The topological polar surface area (TPSA) is 115 Å². The van der Waals surface area contributed by atoms with Gasteiger partial charge < -0.3 is 11.1 Å². The molecule has 0 spiro atoms. The molecule has 0 heterocycles. The van der Waals surface area contributed by atoms with Gasteiger partial charge in [-0.25, -0.2) is 17.9 Å². The van der Waals surface area contributed by atoms with E-state index in [1.165, 1.54) is 0 Å². The van der Waals surface area contributed by atoms with Gasteiger partial charge in [0.2, 0.25) is 15.9 Å². The summed E-state index contributed by atoms with van der Waals surface area (Å²) in [6.45, 7) is -0.244. The third-order valence-electron chi connectivity index (χ3n) is 1.72. The molecular formula is C8H10FN3O3S. The molecule has 0 fully saturated rings. The van der Waals surface area contributed by atoms with E-state index in [0.717, 1.165) is 18.2 Å². The van der Waals surface area contributed by atoms with Gasteiger partial charge in [-0.3, -0.25) is 4.79 Å². The summed E-state index contributed by atoms with van der Waals surface area (Å²) < 4.78 is 35.1. The van der Waals surface area contributed by atoms with E-state index in [9.17, 15) is 17.6 Å².